The molecule has 4 heterocycles. The first kappa shape index (κ1) is 34.2. The summed E-state index contributed by atoms with van der Waals surface area (Å²) in [6.45, 7) is 1.68. The summed E-state index contributed by atoms with van der Waals surface area (Å²) < 4.78 is 16.5. The van der Waals surface area contributed by atoms with Crippen molar-refractivity contribution in [3.05, 3.63) is 40.5 Å². The van der Waals surface area contributed by atoms with Gasteiger partial charge in [0.2, 0.25) is 0 Å². The molecular weight excluding hydrogens is 680 g/mol. The summed E-state index contributed by atoms with van der Waals surface area (Å²) in [5, 5.41) is 34.2. The Labute approximate surface area is 267 Å². The summed E-state index contributed by atoms with van der Waals surface area (Å²) in [4.78, 5) is 66.0. The van der Waals surface area contributed by atoms with Crippen molar-refractivity contribution >= 4 is 78.1 Å². The fraction of sp³-hybridized carbons (Fsp3) is 0.364. The van der Waals surface area contributed by atoms with Crippen molar-refractivity contribution in [2.75, 3.05) is 12.4 Å². The second-order valence-electron chi connectivity index (χ2n) is 8.90. The first-order chi connectivity index (χ1) is 20.8. The maximum atomic E-state index is 13.2. The number of carbonyl (C=O) groups is 3. The molecule has 9 N–H and O–H groups in total. The largest absolute Gasteiger partial charge is 0.480 e. The van der Waals surface area contributed by atoms with Crippen molar-refractivity contribution in [3.8, 4) is 11.3 Å². The second-order valence-corrected chi connectivity index (χ2v) is 14.5. The molecule has 2 aliphatic heterocycles. The zero-order valence-electron chi connectivity index (χ0n) is 22.9. The molecule has 2 aromatic heterocycles. The molecule has 0 aromatic carbocycles. The number of nitrogens with zero attached hydrogens (tertiary/aromatic N) is 3. The van der Waals surface area contributed by atoms with Crippen LogP contribution in [0.3, 0.4) is 0 Å². The number of aliphatic carboxylic acids is 2. The van der Waals surface area contributed by atoms with Gasteiger partial charge in [0, 0.05) is 33.7 Å². The summed E-state index contributed by atoms with van der Waals surface area (Å²) in [7, 11) is -2.72. The molecule has 0 radical (unpaired) electrons. The number of thiazole rings is 1. The van der Waals surface area contributed by atoms with Crippen molar-refractivity contribution in [2.24, 2.45) is 12.2 Å². The van der Waals surface area contributed by atoms with E-state index in [9.17, 15) is 29.2 Å². The highest BCUT2D eigenvalue weighted by Gasteiger charge is 2.40. The number of rotatable bonds is 13. The monoisotopic (exact) mass is 707 g/mol. The van der Waals surface area contributed by atoms with Crippen molar-refractivity contribution in [3.63, 3.8) is 0 Å². The number of hydrogen-bond donors (Lipinski definition) is 9. The van der Waals surface area contributed by atoms with Gasteiger partial charge in [0.25, 0.3) is 5.91 Å². The van der Waals surface area contributed by atoms with E-state index in [1.165, 1.54) is 11.3 Å². The van der Waals surface area contributed by atoms with Gasteiger partial charge >= 0.3 is 19.7 Å². The van der Waals surface area contributed by atoms with Gasteiger partial charge in [0.05, 0.1) is 5.69 Å². The molecule has 4 rings (SSSR count). The van der Waals surface area contributed by atoms with E-state index in [4.69, 9.17) is 14.6 Å². The van der Waals surface area contributed by atoms with Gasteiger partial charge in [0.15, 0.2) is 28.5 Å². The fourth-order valence-electron chi connectivity index (χ4n) is 3.71. The summed E-state index contributed by atoms with van der Waals surface area (Å²) in [5.41, 5.74) is 0.0513. The number of aromatic nitrogens is 2. The molecule has 1 amide bonds. The molecule has 44 heavy (non-hydrogen) atoms. The minimum Gasteiger partial charge on any atom is -0.480 e. The number of thioether (sulfide) groups is 2. The Kier molecular flexibility index (Phi) is 11.7. The summed E-state index contributed by atoms with van der Waals surface area (Å²) in [5.74, 6) is -3.60. The maximum absolute atomic E-state index is 13.2. The van der Waals surface area contributed by atoms with E-state index in [0.717, 1.165) is 46.7 Å². The van der Waals surface area contributed by atoms with Crippen LogP contribution in [-0.2, 0) is 30.8 Å². The molecule has 22 heteroatoms. The number of pyridine rings is 1. The van der Waals surface area contributed by atoms with Crippen LogP contribution in [0.25, 0.3) is 11.3 Å². The average Bonchev–Trinajstić information content (AvgIpc) is 3.61. The zero-order chi connectivity index (χ0) is 32.0. The number of aryl methyl sites for hydroxylation is 1. The molecule has 4 atom stereocenters. The lowest BCUT2D eigenvalue weighted by atomic mass is 10.2. The first-order valence-corrected chi connectivity index (χ1v) is 17.8. The molecule has 2 unspecified atom stereocenters. The smallest absolute Gasteiger partial charge is 0.402 e. The number of carboxylic acid groups (broad SMARTS) is 2. The highest BCUT2D eigenvalue weighted by molar-refractivity contribution is 8.07. The molecule has 1 fully saturated rings. The Morgan fingerprint density at radius 1 is 1.30 bits per heavy atom. The topological polar surface area (TPSA) is 248 Å². The Morgan fingerprint density at radius 3 is 2.66 bits per heavy atom. The van der Waals surface area contributed by atoms with Gasteiger partial charge in [0.1, 0.15) is 36.4 Å². The molecule has 2 aliphatic rings. The molecule has 0 aliphatic carbocycles. The minimum absolute atomic E-state index is 0.0705. The Hall–Kier alpha value is -2.72. The highest BCUT2D eigenvalue weighted by atomic mass is 32.2. The lowest BCUT2D eigenvalue weighted by Gasteiger charge is -2.31. The van der Waals surface area contributed by atoms with Crippen molar-refractivity contribution < 1.29 is 48.4 Å². The molecule has 1 saturated heterocycles. The maximum Gasteiger partial charge on any atom is 0.402 e. The van der Waals surface area contributed by atoms with Crippen LogP contribution in [0.2, 0.25) is 0 Å². The summed E-state index contributed by atoms with van der Waals surface area (Å²) in [6.07, 6.45) is 2.69. The van der Waals surface area contributed by atoms with Crippen LogP contribution in [0.15, 0.2) is 50.0 Å². The van der Waals surface area contributed by atoms with E-state index in [1.807, 2.05) is 46.6 Å². The molecule has 238 valence electrons. The standard InChI is InChI=1S/C22H27N8O9PS4/c1-3-39-27-14(16-26-21(44-29-16)28-40(36,37)38)17(31)24-15(20(34)35)18-25-13(19(32)33)12(9-41-18)43-22-23-11(8-42-22)10-4-6-30(2)7-5-10/h4-8,15-16,18,21,25-26,29H,3,9H2,1-2H3,(H5-,24,28,31,32,33,34,35,36,37,38)/p+1/b27-14+/t15-,16?,18-,21?/m1/s1. The fourth-order valence-corrected chi connectivity index (χ4v) is 8.65. The van der Waals surface area contributed by atoms with Crippen LogP contribution in [0.4, 0.5) is 0 Å². The molecular formula is C22H28N8O9PS4+. The molecule has 2 aromatic rings. The lowest BCUT2D eigenvalue weighted by Crippen LogP contribution is -2.58. The molecule has 0 bridgehead atoms. The molecule has 0 saturated carbocycles. The highest BCUT2D eigenvalue weighted by Crippen LogP contribution is 2.38. The van der Waals surface area contributed by atoms with Crippen LogP contribution in [0.1, 0.15) is 6.92 Å². The number of amides is 1. The van der Waals surface area contributed by atoms with Crippen LogP contribution in [0, 0.1) is 0 Å². The lowest BCUT2D eigenvalue weighted by molar-refractivity contribution is -0.671. The zero-order valence-corrected chi connectivity index (χ0v) is 27.0. The van der Waals surface area contributed by atoms with Gasteiger partial charge < -0.3 is 35.5 Å². The first-order valence-electron chi connectivity index (χ1n) is 12.5. The van der Waals surface area contributed by atoms with Crippen LogP contribution in [-0.4, -0.2) is 84.0 Å². The second kappa shape index (κ2) is 15.0. The van der Waals surface area contributed by atoms with Crippen molar-refractivity contribution in [1.82, 2.24) is 30.7 Å². The van der Waals surface area contributed by atoms with Gasteiger partial charge in [-0.3, -0.25) is 10.1 Å². The van der Waals surface area contributed by atoms with E-state index in [-0.39, 0.29) is 23.8 Å². The van der Waals surface area contributed by atoms with E-state index >= 15 is 0 Å². The van der Waals surface area contributed by atoms with E-state index in [2.05, 4.69) is 30.8 Å². The van der Waals surface area contributed by atoms with Gasteiger partial charge in [-0.05, 0) is 18.9 Å². The predicted molar refractivity (Wildman–Crippen MR) is 164 cm³/mol. The van der Waals surface area contributed by atoms with Crippen LogP contribution >= 0.6 is 54.6 Å². The van der Waals surface area contributed by atoms with Gasteiger partial charge in [-0.2, -0.15) is 5.09 Å². The van der Waals surface area contributed by atoms with Gasteiger partial charge in [-0.25, -0.2) is 28.4 Å². The third kappa shape index (κ3) is 9.16. The number of hydrogen-bond acceptors (Lipinski definition) is 14. The number of carboxylic acids is 2. The molecule has 17 nitrogen and oxygen atoms in total. The Morgan fingerprint density at radius 2 is 2.02 bits per heavy atom. The van der Waals surface area contributed by atoms with Gasteiger partial charge in [-0.15, -0.1) is 23.1 Å². The van der Waals surface area contributed by atoms with Crippen molar-refractivity contribution in [2.45, 2.75) is 34.3 Å². The number of oxime groups is 1. The van der Waals surface area contributed by atoms with E-state index in [0.29, 0.717) is 9.24 Å². The normalized spacial score (nSPS) is 21.5. The minimum atomic E-state index is -4.62. The van der Waals surface area contributed by atoms with E-state index in [1.54, 1.807) is 6.92 Å². The third-order valence-corrected chi connectivity index (χ3v) is 10.8. The third-order valence-electron chi connectivity index (χ3n) is 5.70. The SMILES string of the molecule is CCO/N=C(/C(=O)N[C@@H](C(=O)O)[C@@H]1NC(C(=O)O)=C(Sc2nc(-c3cc[n+](C)cc3)cs2)CS1)C1NSC(NP(=O)(O)O)N1. The predicted octanol–water partition coefficient (Wildman–Crippen LogP) is -0.220. The van der Waals surface area contributed by atoms with E-state index < -0.39 is 48.7 Å². The average molecular weight is 708 g/mol. The number of carbonyl (C=O) groups excluding carboxylic acids is 1. The summed E-state index contributed by atoms with van der Waals surface area (Å²) >= 11 is 4.41. The quantitative estimate of drug-likeness (QED) is 0.0429. The van der Waals surface area contributed by atoms with Crippen LogP contribution in [0.5, 0.6) is 0 Å². The summed E-state index contributed by atoms with van der Waals surface area (Å²) in [6, 6.07) is 2.21. The number of nitrogens with one attached hydrogen (secondary N) is 5. The van der Waals surface area contributed by atoms with Crippen LogP contribution < -0.4 is 30.3 Å². The molecule has 0 spiro atoms. The Bertz CT molecular complexity index is 1500. The van der Waals surface area contributed by atoms with Crippen molar-refractivity contribution in [1.29, 1.82) is 0 Å². The Balaban J connectivity index is 1.47. The van der Waals surface area contributed by atoms with Gasteiger partial charge in [-0.1, -0.05) is 16.9 Å².